The molecule has 1 saturated heterocycles. The lowest BCUT2D eigenvalue weighted by Crippen LogP contribution is -2.56. The lowest BCUT2D eigenvalue weighted by atomic mass is 10.0. The topological polar surface area (TPSA) is 76.0 Å². The fourth-order valence-electron chi connectivity index (χ4n) is 4.74. The summed E-state index contributed by atoms with van der Waals surface area (Å²) in [5, 5.41) is 3.93. The molecular formula is C28H36N4O4. The zero-order valence-corrected chi connectivity index (χ0v) is 21.8. The van der Waals surface area contributed by atoms with Crippen LogP contribution in [0.4, 0.5) is 10.5 Å². The number of rotatable bonds is 6. The summed E-state index contributed by atoms with van der Waals surface area (Å²) >= 11 is 0. The number of aryl methyl sites for hydroxylation is 1. The second kappa shape index (κ2) is 10.5. The number of ether oxygens (including phenoxy) is 2. The van der Waals surface area contributed by atoms with Crippen LogP contribution in [0.25, 0.3) is 10.9 Å². The van der Waals surface area contributed by atoms with Gasteiger partial charge in [0.05, 0.1) is 12.8 Å². The molecule has 2 amide bonds. The molecule has 1 N–H and O–H groups in total. The van der Waals surface area contributed by atoms with Gasteiger partial charge in [-0.15, -0.1) is 0 Å². The van der Waals surface area contributed by atoms with E-state index >= 15 is 0 Å². The molecule has 2 aromatic carbocycles. The highest BCUT2D eigenvalue weighted by atomic mass is 16.6. The van der Waals surface area contributed by atoms with Gasteiger partial charge in [-0.3, -0.25) is 4.79 Å². The molecule has 0 spiro atoms. The lowest BCUT2D eigenvalue weighted by molar-refractivity contribution is -0.133. The summed E-state index contributed by atoms with van der Waals surface area (Å²) in [6.45, 7) is 7.90. The van der Waals surface area contributed by atoms with Gasteiger partial charge in [0, 0.05) is 56.7 Å². The van der Waals surface area contributed by atoms with Gasteiger partial charge in [-0.1, -0.05) is 30.3 Å². The third kappa shape index (κ3) is 5.75. The Morgan fingerprint density at radius 3 is 2.36 bits per heavy atom. The predicted molar refractivity (Wildman–Crippen MR) is 142 cm³/mol. The first kappa shape index (κ1) is 25.4. The molecule has 0 saturated carbocycles. The first-order valence-corrected chi connectivity index (χ1v) is 12.4. The highest BCUT2D eigenvalue weighted by Crippen LogP contribution is 2.29. The van der Waals surface area contributed by atoms with Crippen molar-refractivity contribution < 1.29 is 19.1 Å². The van der Waals surface area contributed by atoms with E-state index in [4.69, 9.17) is 9.47 Å². The minimum absolute atomic E-state index is 0.103. The summed E-state index contributed by atoms with van der Waals surface area (Å²) in [5.41, 5.74) is 2.46. The van der Waals surface area contributed by atoms with Crippen LogP contribution in [-0.4, -0.2) is 66.4 Å². The van der Waals surface area contributed by atoms with E-state index < -0.39 is 17.7 Å². The second-order valence-corrected chi connectivity index (χ2v) is 10.2. The van der Waals surface area contributed by atoms with Gasteiger partial charge >= 0.3 is 6.09 Å². The third-order valence-electron chi connectivity index (χ3n) is 6.41. The van der Waals surface area contributed by atoms with Crippen molar-refractivity contribution in [2.75, 3.05) is 38.2 Å². The van der Waals surface area contributed by atoms with Crippen LogP contribution in [0.2, 0.25) is 0 Å². The van der Waals surface area contributed by atoms with Crippen molar-refractivity contribution >= 4 is 28.6 Å². The number of nitrogens with one attached hydrogen (secondary N) is 1. The fraction of sp³-hybridized carbons (Fsp3) is 0.429. The Kier molecular flexibility index (Phi) is 7.43. The fourth-order valence-corrected chi connectivity index (χ4v) is 4.74. The van der Waals surface area contributed by atoms with E-state index in [2.05, 4.69) is 10.2 Å². The maximum Gasteiger partial charge on any atom is 0.408 e. The number of hydrogen-bond donors (Lipinski definition) is 1. The standard InChI is InChI=1S/C28H36N4O4/c1-28(2,3)36-27(34)29-22(18-20-19-30(4)23-11-7-6-10-21(20)23)26(33)32-16-14-31(15-17-32)24-12-8-9-13-25(24)35-5/h6-13,19,22H,14-18H2,1-5H3,(H,29,34)/t22-/m1/s1. The average molecular weight is 493 g/mol. The van der Waals surface area contributed by atoms with Crippen LogP contribution >= 0.6 is 0 Å². The summed E-state index contributed by atoms with van der Waals surface area (Å²) in [6, 6.07) is 15.3. The van der Waals surface area contributed by atoms with Gasteiger partial charge in [-0.2, -0.15) is 0 Å². The van der Waals surface area contributed by atoms with Crippen molar-refractivity contribution in [1.82, 2.24) is 14.8 Å². The van der Waals surface area contributed by atoms with Gasteiger partial charge in [0.2, 0.25) is 5.91 Å². The Morgan fingerprint density at radius 1 is 1.00 bits per heavy atom. The maximum atomic E-state index is 13.7. The molecule has 3 aromatic rings. The molecule has 2 heterocycles. The molecule has 36 heavy (non-hydrogen) atoms. The maximum absolute atomic E-state index is 13.7. The summed E-state index contributed by atoms with van der Waals surface area (Å²) in [5.74, 6) is 0.714. The number of piperazine rings is 1. The molecule has 1 aliphatic heterocycles. The second-order valence-electron chi connectivity index (χ2n) is 10.2. The first-order chi connectivity index (χ1) is 17.2. The van der Waals surface area contributed by atoms with Crippen molar-refractivity contribution in [1.29, 1.82) is 0 Å². The van der Waals surface area contributed by atoms with Gasteiger partial charge in [-0.25, -0.2) is 4.79 Å². The van der Waals surface area contributed by atoms with Crippen LogP contribution in [-0.2, 0) is 23.0 Å². The summed E-state index contributed by atoms with van der Waals surface area (Å²) in [6.07, 6.45) is 1.82. The van der Waals surface area contributed by atoms with Crippen molar-refractivity contribution in [2.45, 2.75) is 38.8 Å². The van der Waals surface area contributed by atoms with E-state index in [9.17, 15) is 9.59 Å². The molecule has 8 nitrogen and oxygen atoms in total. The van der Waals surface area contributed by atoms with Crippen LogP contribution < -0.4 is 15.0 Å². The number of methoxy groups -OCH3 is 1. The van der Waals surface area contributed by atoms with E-state index in [1.54, 1.807) is 7.11 Å². The van der Waals surface area contributed by atoms with Crippen LogP contribution in [0.3, 0.4) is 0 Å². The number of anilines is 1. The minimum Gasteiger partial charge on any atom is -0.495 e. The Bertz CT molecular complexity index is 1220. The summed E-state index contributed by atoms with van der Waals surface area (Å²) < 4.78 is 13.0. The quantitative estimate of drug-likeness (QED) is 0.564. The Labute approximate surface area is 212 Å². The molecule has 0 unspecified atom stereocenters. The normalized spacial score (nSPS) is 15.0. The van der Waals surface area contributed by atoms with E-state index in [1.165, 1.54) is 0 Å². The molecule has 4 rings (SSSR count). The smallest absolute Gasteiger partial charge is 0.408 e. The number of aromatic nitrogens is 1. The van der Waals surface area contributed by atoms with Crippen LogP contribution in [0.15, 0.2) is 54.7 Å². The Hall–Kier alpha value is -3.68. The van der Waals surface area contributed by atoms with Crippen molar-refractivity contribution in [2.24, 2.45) is 7.05 Å². The van der Waals surface area contributed by atoms with Gasteiger partial charge < -0.3 is 29.2 Å². The molecule has 0 bridgehead atoms. The largest absolute Gasteiger partial charge is 0.495 e. The molecule has 1 aromatic heterocycles. The average Bonchev–Trinajstić information content (AvgIpc) is 3.17. The molecule has 8 heteroatoms. The van der Waals surface area contributed by atoms with Crippen LogP contribution in [0, 0.1) is 0 Å². The third-order valence-corrected chi connectivity index (χ3v) is 6.41. The van der Waals surface area contributed by atoms with Crippen molar-refractivity contribution in [3.8, 4) is 5.75 Å². The van der Waals surface area contributed by atoms with E-state index in [0.29, 0.717) is 32.6 Å². The zero-order valence-electron chi connectivity index (χ0n) is 21.8. The zero-order chi connectivity index (χ0) is 25.9. The Morgan fingerprint density at radius 2 is 1.67 bits per heavy atom. The predicted octanol–water partition coefficient (Wildman–Crippen LogP) is 3.97. The molecule has 192 valence electrons. The molecule has 1 atom stereocenters. The monoisotopic (exact) mass is 492 g/mol. The molecule has 0 radical (unpaired) electrons. The van der Waals surface area contributed by atoms with Gasteiger partial charge in [-0.05, 0) is 44.5 Å². The van der Waals surface area contributed by atoms with Crippen LogP contribution in [0.1, 0.15) is 26.3 Å². The first-order valence-electron chi connectivity index (χ1n) is 12.4. The minimum atomic E-state index is -0.733. The molecular weight excluding hydrogens is 456 g/mol. The number of alkyl carbamates (subject to hydrolysis) is 1. The van der Waals surface area contributed by atoms with Crippen molar-refractivity contribution in [3.63, 3.8) is 0 Å². The molecule has 1 aliphatic rings. The van der Waals surface area contributed by atoms with Gasteiger partial charge in [0.15, 0.2) is 0 Å². The molecule has 0 aliphatic carbocycles. The molecule has 1 fully saturated rings. The van der Waals surface area contributed by atoms with Gasteiger partial charge in [0.1, 0.15) is 17.4 Å². The number of benzene rings is 2. The Balaban J connectivity index is 1.52. The number of fused-ring (bicyclic) bond motifs is 1. The van der Waals surface area contributed by atoms with Gasteiger partial charge in [0.25, 0.3) is 0 Å². The SMILES string of the molecule is COc1ccccc1N1CCN(C(=O)[C@@H](Cc2cn(C)c3ccccc23)NC(=O)OC(C)(C)C)CC1. The van der Waals surface area contributed by atoms with Crippen molar-refractivity contribution in [3.05, 3.63) is 60.3 Å². The highest BCUT2D eigenvalue weighted by molar-refractivity contribution is 5.89. The number of amides is 2. The highest BCUT2D eigenvalue weighted by Gasteiger charge is 2.31. The van der Waals surface area contributed by atoms with E-state index in [-0.39, 0.29) is 5.91 Å². The van der Waals surface area contributed by atoms with E-state index in [1.807, 2.05) is 92.0 Å². The van der Waals surface area contributed by atoms with Crippen LogP contribution in [0.5, 0.6) is 5.75 Å². The lowest BCUT2D eigenvalue weighted by Gasteiger charge is -2.38. The summed E-state index contributed by atoms with van der Waals surface area (Å²) in [4.78, 5) is 30.5. The number of carbonyl (C=O) groups excluding carboxylic acids is 2. The number of para-hydroxylation sites is 3. The summed E-state index contributed by atoms with van der Waals surface area (Å²) in [7, 11) is 3.65. The number of carbonyl (C=O) groups is 2. The number of hydrogen-bond acceptors (Lipinski definition) is 5. The number of nitrogens with zero attached hydrogens (tertiary/aromatic N) is 3. The van der Waals surface area contributed by atoms with E-state index in [0.717, 1.165) is 27.9 Å².